The van der Waals surface area contributed by atoms with Crippen LogP contribution in [0.3, 0.4) is 0 Å². The van der Waals surface area contributed by atoms with E-state index in [4.69, 9.17) is 28.9 Å². The molecule has 1 fully saturated rings. The van der Waals surface area contributed by atoms with Crippen molar-refractivity contribution < 1.29 is 24.1 Å². The minimum atomic E-state index is -1.44. The molecule has 1 aromatic heterocycles. The maximum Gasteiger partial charge on any atom is 0.298 e. The first kappa shape index (κ1) is 26.3. The number of fused-ring (bicyclic) bond motifs is 1. The highest BCUT2D eigenvalue weighted by Crippen LogP contribution is 2.40. The molecule has 0 saturated carbocycles. The number of hydrogen-bond acceptors (Lipinski definition) is 8. The molecule has 0 aliphatic carbocycles. The molecule has 2 aliphatic rings. The van der Waals surface area contributed by atoms with Crippen molar-refractivity contribution in [2.75, 3.05) is 17.2 Å². The number of carbonyl (C=O) groups is 3. The summed E-state index contributed by atoms with van der Waals surface area (Å²) in [5, 5.41) is 15.1. The first-order valence-corrected chi connectivity index (χ1v) is 13.5. The lowest BCUT2D eigenvalue weighted by molar-refractivity contribution is -0.695. The van der Waals surface area contributed by atoms with Crippen LogP contribution in [0.1, 0.15) is 5.82 Å². The molecule has 0 spiro atoms. The van der Waals surface area contributed by atoms with Gasteiger partial charge in [0.25, 0.3) is 11.7 Å². The maximum atomic E-state index is 12.8. The van der Waals surface area contributed by atoms with E-state index in [0.717, 1.165) is 0 Å². The van der Waals surface area contributed by atoms with Gasteiger partial charge >= 0.3 is 0 Å². The molecule has 188 valence electrons. The Kier molecular flexibility index (Phi) is 8.13. The van der Waals surface area contributed by atoms with Crippen molar-refractivity contribution in [2.45, 2.75) is 29.8 Å². The summed E-state index contributed by atoms with van der Waals surface area (Å²) >= 11 is 14.7. The van der Waals surface area contributed by atoms with Crippen LogP contribution < -0.4 is 20.7 Å². The Morgan fingerprint density at radius 2 is 2.17 bits per heavy atom. The standard InChI is InChI=1S/C23H21Cl2N5O4S2/c1-12-27-17(26)6-8-29(12)7-2-3-13-10-36-22-19(21(32)30(22)20(13)23(33)34)28-18(31)11-35-16-9-14(24)4-5-15(16)25/h2-6,8-9,19,22,26H,7,10-11H2,1H3,(H2,28,31,33,34)/b3-2+/t19-,22-/m1/s1. The molecule has 13 heteroatoms. The second-order valence-corrected chi connectivity index (χ2v) is 10.9. The van der Waals surface area contributed by atoms with Crippen LogP contribution in [0.25, 0.3) is 0 Å². The lowest BCUT2D eigenvalue weighted by atomic mass is 10.0. The van der Waals surface area contributed by atoms with Crippen LogP contribution in [0.5, 0.6) is 0 Å². The van der Waals surface area contributed by atoms with E-state index in [0.29, 0.717) is 44.5 Å². The zero-order valence-electron chi connectivity index (χ0n) is 18.9. The first-order chi connectivity index (χ1) is 17.2. The highest BCUT2D eigenvalue weighted by molar-refractivity contribution is 8.00. The molecule has 3 heterocycles. The van der Waals surface area contributed by atoms with Crippen LogP contribution in [0.4, 0.5) is 5.82 Å². The van der Waals surface area contributed by atoms with Crippen molar-refractivity contribution >= 4 is 70.3 Å². The molecular weight excluding hydrogens is 545 g/mol. The predicted molar refractivity (Wildman–Crippen MR) is 137 cm³/mol. The fourth-order valence-corrected chi connectivity index (χ4v) is 6.39. The normalized spacial score (nSPS) is 19.3. The average molecular weight is 566 g/mol. The topological polar surface area (TPSA) is 132 Å². The molecule has 3 N–H and O–H groups in total. The van der Waals surface area contributed by atoms with E-state index in [2.05, 4.69) is 10.3 Å². The number of nitrogens with one attached hydrogen (secondary N) is 1. The van der Waals surface area contributed by atoms with Gasteiger partial charge in [0.2, 0.25) is 11.7 Å². The average Bonchev–Trinajstić information content (AvgIpc) is 2.83. The zero-order chi connectivity index (χ0) is 26.0. The summed E-state index contributed by atoms with van der Waals surface area (Å²) in [7, 11) is 0. The number of benzene rings is 1. The van der Waals surface area contributed by atoms with Crippen LogP contribution in [0, 0.1) is 6.92 Å². The molecular formula is C23H21Cl2N5O4S2. The van der Waals surface area contributed by atoms with Crippen molar-refractivity contribution in [1.82, 2.24) is 15.2 Å². The third kappa shape index (κ3) is 5.64. The molecule has 2 aromatic rings. The Bertz CT molecular complexity index is 1300. The number of nitrogens with zero attached hydrogens (tertiary/aromatic N) is 3. The van der Waals surface area contributed by atoms with Gasteiger partial charge in [0, 0.05) is 28.7 Å². The number of carboxylic acid groups (broad SMARTS) is 1. The van der Waals surface area contributed by atoms with Gasteiger partial charge in [-0.1, -0.05) is 29.3 Å². The summed E-state index contributed by atoms with van der Waals surface area (Å²) < 4.78 is 1.85. The van der Waals surface area contributed by atoms with Crippen molar-refractivity contribution in [3.8, 4) is 0 Å². The molecule has 1 saturated heterocycles. The minimum absolute atomic E-state index is 0.0233. The van der Waals surface area contributed by atoms with Gasteiger partial charge in [-0.3, -0.25) is 14.5 Å². The van der Waals surface area contributed by atoms with Gasteiger partial charge in [0.15, 0.2) is 0 Å². The number of rotatable bonds is 8. The van der Waals surface area contributed by atoms with Crippen molar-refractivity contribution in [3.05, 3.63) is 69.8 Å². The number of halogens is 2. The van der Waals surface area contributed by atoms with Gasteiger partial charge in [-0.15, -0.1) is 23.5 Å². The fourth-order valence-electron chi connectivity index (χ4n) is 3.77. The highest BCUT2D eigenvalue weighted by atomic mass is 35.5. The van der Waals surface area contributed by atoms with Gasteiger partial charge in [-0.25, -0.2) is 4.57 Å². The Hall–Kier alpha value is -2.73. The number of aromatic nitrogens is 2. The van der Waals surface area contributed by atoms with Crippen molar-refractivity contribution in [1.29, 1.82) is 0 Å². The molecule has 1 aromatic carbocycles. The Balaban J connectivity index is 1.40. The van der Waals surface area contributed by atoms with Gasteiger partial charge in [0.05, 0.1) is 28.6 Å². The van der Waals surface area contributed by atoms with Gasteiger partial charge in [-0.2, -0.15) is 0 Å². The molecule has 0 radical (unpaired) electrons. The summed E-state index contributed by atoms with van der Waals surface area (Å²) in [4.78, 5) is 43.2. The largest absolute Gasteiger partial charge is 0.543 e. The number of aryl methyl sites for hydroxylation is 1. The molecule has 9 nitrogen and oxygen atoms in total. The van der Waals surface area contributed by atoms with E-state index in [-0.39, 0.29) is 17.4 Å². The van der Waals surface area contributed by atoms with E-state index in [9.17, 15) is 19.5 Å². The Morgan fingerprint density at radius 1 is 1.39 bits per heavy atom. The van der Waals surface area contributed by atoms with Crippen LogP contribution in [-0.4, -0.2) is 50.6 Å². The first-order valence-electron chi connectivity index (χ1n) is 10.7. The second kappa shape index (κ2) is 11.1. The van der Waals surface area contributed by atoms with Crippen LogP contribution in [-0.2, 0) is 20.9 Å². The Labute approximate surface area is 225 Å². The van der Waals surface area contributed by atoms with E-state index >= 15 is 0 Å². The predicted octanol–water partition coefficient (Wildman–Crippen LogP) is 1.32. The van der Waals surface area contributed by atoms with E-state index in [1.54, 1.807) is 42.6 Å². The quantitative estimate of drug-likeness (QED) is 0.278. The van der Waals surface area contributed by atoms with Crippen LogP contribution in [0.2, 0.25) is 10.0 Å². The molecule has 0 unspecified atom stereocenters. The molecule has 2 atom stereocenters. The SMILES string of the molecule is Cc1nc(N)cc[n+]1C/C=C/C1=C(C(=O)[O-])N2C(=O)[C@@H](NC(=O)CSc3cc(Cl)ccc3Cl)[C@H]2SC1. The van der Waals surface area contributed by atoms with Gasteiger partial charge in [0.1, 0.15) is 18.0 Å². The number of amides is 2. The zero-order valence-corrected chi connectivity index (χ0v) is 22.1. The van der Waals surface area contributed by atoms with Gasteiger partial charge in [-0.05, 0) is 34.8 Å². The molecule has 2 amide bonds. The number of carbonyl (C=O) groups excluding carboxylic acids is 3. The molecule has 36 heavy (non-hydrogen) atoms. The number of carboxylic acids is 1. The van der Waals surface area contributed by atoms with Gasteiger partial charge < -0.3 is 21.0 Å². The molecule has 2 aliphatic heterocycles. The van der Waals surface area contributed by atoms with E-state index in [1.165, 1.54) is 28.4 Å². The summed E-state index contributed by atoms with van der Waals surface area (Å²) in [6, 6.07) is 5.80. The number of aliphatic carboxylic acids is 1. The van der Waals surface area contributed by atoms with Crippen molar-refractivity contribution in [3.63, 3.8) is 0 Å². The van der Waals surface area contributed by atoms with Crippen molar-refractivity contribution in [2.24, 2.45) is 0 Å². The number of nitrogen functional groups attached to an aromatic ring is 1. The number of nitrogens with two attached hydrogens (primary N) is 1. The smallest absolute Gasteiger partial charge is 0.298 e. The van der Waals surface area contributed by atoms with Crippen LogP contribution in [0.15, 0.2) is 58.8 Å². The number of thioether (sulfide) groups is 2. The monoisotopic (exact) mass is 565 g/mol. The lowest BCUT2D eigenvalue weighted by Gasteiger charge is -2.50. The lowest BCUT2D eigenvalue weighted by Crippen LogP contribution is -2.71. The van der Waals surface area contributed by atoms with E-state index < -0.39 is 23.3 Å². The van der Waals surface area contributed by atoms with Crippen LogP contribution >= 0.6 is 46.7 Å². The second-order valence-electron chi connectivity index (χ2n) is 7.93. The number of hydrogen-bond donors (Lipinski definition) is 2. The number of allylic oxidation sites excluding steroid dienone is 2. The number of anilines is 1. The third-order valence-corrected chi connectivity index (χ3v) is 8.55. The summed E-state index contributed by atoms with van der Waals surface area (Å²) in [5.74, 6) is -0.823. The molecule has 4 rings (SSSR count). The highest BCUT2D eigenvalue weighted by Gasteiger charge is 2.52. The summed E-state index contributed by atoms with van der Waals surface area (Å²) in [6.07, 6.45) is 5.24. The third-order valence-electron chi connectivity index (χ3n) is 5.51. The van der Waals surface area contributed by atoms with E-state index in [1.807, 2.05) is 11.5 Å². The molecule has 0 bridgehead atoms. The Morgan fingerprint density at radius 3 is 2.89 bits per heavy atom. The fraction of sp³-hybridized carbons (Fsp3) is 0.261. The summed E-state index contributed by atoms with van der Waals surface area (Å²) in [6.45, 7) is 2.25. The summed E-state index contributed by atoms with van der Waals surface area (Å²) in [5.41, 5.74) is 5.95. The minimum Gasteiger partial charge on any atom is -0.543 e. The number of β-lactam (4-membered cyclic amide) rings is 1. The maximum absolute atomic E-state index is 12.8.